The van der Waals surface area contributed by atoms with E-state index in [1.165, 1.54) is 12.1 Å². The molecule has 0 bridgehead atoms. The Morgan fingerprint density at radius 1 is 1.00 bits per heavy atom. The van der Waals surface area contributed by atoms with Crippen LogP contribution in [-0.4, -0.2) is 42.9 Å². The van der Waals surface area contributed by atoms with Crippen molar-refractivity contribution in [2.24, 2.45) is 0 Å². The Bertz CT molecular complexity index is 984. The van der Waals surface area contributed by atoms with Crippen molar-refractivity contribution in [2.45, 2.75) is 32.5 Å². The summed E-state index contributed by atoms with van der Waals surface area (Å²) in [5.74, 6) is -0.410. The fourth-order valence-electron chi connectivity index (χ4n) is 4.14. The molecule has 2 atom stereocenters. The molecule has 2 heterocycles. The topological polar surface area (TPSA) is 57.7 Å². The number of halogens is 1. The van der Waals surface area contributed by atoms with Crippen molar-refractivity contribution in [2.75, 3.05) is 16.4 Å². The molecule has 0 aromatic heterocycles. The number of benzene rings is 2. The zero-order valence-electron chi connectivity index (χ0n) is 15.2. The van der Waals surface area contributed by atoms with Gasteiger partial charge in [-0.25, -0.2) is 17.6 Å². The molecule has 2 aromatic carbocycles. The number of rotatable bonds is 3. The summed E-state index contributed by atoms with van der Waals surface area (Å²) in [4.78, 5) is 16.4. The average Bonchev–Trinajstić information content (AvgIpc) is 2.99. The van der Waals surface area contributed by atoms with Crippen LogP contribution in [0.2, 0.25) is 0 Å². The maximum absolute atomic E-state index is 13.2. The third kappa shape index (κ3) is 3.32. The number of urea groups is 1. The van der Waals surface area contributed by atoms with E-state index in [-0.39, 0.29) is 29.9 Å². The molecule has 0 unspecified atom stereocenters. The first-order valence-electron chi connectivity index (χ1n) is 8.86. The molecule has 2 saturated heterocycles. The Balaban J connectivity index is 1.72. The van der Waals surface area contributed by atoms with E-state index in [2.05, 4.69) is 0 Å². The third-order valence-corrected chi connectivity index (χ3v) is 6.93. The van der Waals surface area contributed by atoms with E-state index in [9.17, 15) is 17.6 Å². The van der Waals surface area contributed by atoms with Crippen molar-refractivity contribution in [3.8, 4) is 0 Å². The molecule has 0 saturated carbocycles. The fourth-order valence-corrected chi connectivity index (χ4v) is 6.09. The van der Waals surface area contributed by atoms with E-state index in [4.69, 9.17) is 0 Å². The van der Waals surface area contributed by atoms with E-state index in [0.717, 1.165) is 22.4 Å². The molecule has 2 amide bonds. The van der Waals surface area contributed by atoms with E-state index in [1.54, 1.807) is 21.9 Å². The second-order valence-electron chi connectivity index (χ2n) is 7.46. The number of amides is 2. The van der Waals surface area contributed by atoms with Gasteiger partial charge < -0.3 is 4.90 Å². The highest BCUT2D eigenvalue weighted by Crippen LogP contribution is 2.36. The van der Waals surface area contributed by atoms with Crippen LogP contribution in [0, 0.1) is 19.7 Å². The molecule has 2 aliphatic heterocycles. The van der Waals surface area contributed by atoms with Crippen LogP contribution in [0.3, 0.4) is 0 Å². The summed E-state index contributed by atoms with van der Waals surface area (Å²) in [6.07, 6.45) is 0. The first-order chi connectivity index (χ1) is 12.7. The van der Waals surface area contributed by atoms with E-state index in [1.807, 2.05) is 32.0 Å². The summed E-state index contributed by atoms with van der Waals surface area (Å²) < 4.78 is 37.8. The molecule has 0 N–H and O–H groups in total. The molecule has 0 spiro atoms. The highest BCUT2D eigenvalue weighted by Gasteiger charge is 2.53. The summed E-state index contributed by atoms with van der Waals surface area (Å²) in [7, 11) is -3.22. The van der Waals surface area contributed by atoms with Crippen LogP contribution in [0.4, 0.5) is 14.9 Å². The van der Waals surface area contributed by atoms with Gasteiger partial charge in [-0.3, -0.25) is 4.90 Å². The molecule has 2 fully saturated rings. The number of hydrogen-bond donors (Lipinski definition) is 0. The Morgan fingerprint density at radius 3 is 2.22 bits per heavy atom. The zero-order valence-corrected chi connectivity index (χ0v) is 16.0. The first kappa shape index (κ1) is 18.0. The second kappa shape index (κ2) is 6.34. The summed E-state index contributed by atoms with van der Waals surface area (Å²) in [6, 6.07) is 10.8. The number of sulfone groups is 1. The van der Waals surface area contributed by atoms with Crippen LogP contribution < -0.4 is 4.90 Å². The number of aryl methyl sites for hydroxylation is 2. The molecule has 4 rings (SSSR count). The van der Waals surface area contributed by atoms with Crippen LogP contribution in [0.5, 0.6) is 0 Å². The summed E-state index contributed by atoms with van der Waals surface area (Å²) in [5.41, 5.74) is 3.54. The summed E-state index contributed by atoms with van der Waals surface area (Å²) in [5, 5.41) is 0. The quantitative estimate of drug-likeness (QED) is 0.760. The van der Waals surface area contributed by atoms with Crippen LogP contribution >= 0.6 is 0 Å². The van der Waals surface area contributed by atoms with Gasteiger partial charge >= 0.3 is 6.03 Å². The van der Waals surface area contributed by atoms with E-state index < -0.39 is 21.9 Å². The van der Waals surface area contributed by atoms with Crippen molar-refractivity contribution >= 4 is 21.6 Å². The molecule has 27 heavy (non-hydrogen) atoms. The monoisotopic (exact) mass is 388 g/mol. The zero-order chi connectivity index (χ0) is 19.3. The molecular formula is C20H21FN2O3S. The van der Waals surface area contributed by atoms with Crippen molar-refractivity contribution in [3.05, 3.63) is 65.0 Å². The van der Waals surface area contributed by atoms with Gasteiger partial charge in [-0.15, -0.1) is 0 Å². The maximum Gasteiger partial charge on any atom is 0.325 e. The smallest absolute Gasteiger partial charge is 0.314 e. The van der Waals surface area contributed by atoms with E-state index in [0.29, 0.717) is 0 Å². The molecule has 0 radical (unpaired) electrons. The molecule has 5 nitrogen and oxygen atoms in total. The average molecular weight is 388 g/mol. The van der Waals surface area contributed by atoms with Crippen molar-refractivity contribution in [3.63, 3.8) is 0 Å². The molecule has 142 valence electrons. The molecular weight excluding hydrogens is 367 g/mol. The fraction of sp³-hybridized carbons (Fsp3) is 0.350. The van der Waals surface area contributed by atoms with Crippen LogP contribution in [0.25, 0.3) is 0 Å². The number of hydrogen-bond acceptors (Lipinski definition) is 3. The molecule has 2 aliphatic rings. The van der Waals surface area contributed by atoms with Gasteiger partial charge in [-0.1, -0.05) is 18.2 Å². The van der Waals surface area contributed by atoms with Crippen molar-refractivity contribution in [1.82, 2.24) is 4.90 Å². The maximum atomic E-state index is 13.2. The lowest BCUT2D eigenvalue weighted by atomic mass is 10.1. The van der Waals surface area contributed by atoms with Crippen LogP contribution in [0.1, 0.15) is 16.7 Å². The summed E-state index contributed by atoms with van der Waals surface area (Å²) in [6.45, 7) is 4.17. The van der Waals surface area contributed by atoms with E-state index >= 15 is 0 Å². The number of nitrogens with zero attached hydrogens (tertiary/aromatic N) is 2. The predicted octanol–water partition coefficient (Wildman–Crippen LogP) is 3.05. The predicted molar refractivity (Wildman–Crippen MR) is 102 cm³/mol. The second-order valence-corrected chi connectivity index (χ2v) is 9.62. The minimum absolute atomic E-state index is 0.0314. The van der Waals surface area contributed by atoms with Gasteiger partial charge in [0.25, 0.3) is 0 Å². The lowest BCUT2D eigenvalue weighted by Gasteiger charge is -2.23. The molecule has 7 heteroatoms. The largest absolute Gasteiger partial charge is 0.325 e. The summed E-state index contributed by atoms with van der Waals surface area (Å²) >= 11 is 0. The Kier molecular flexibility index (Phi) is 4.22. The van der Waals surface area contributed by atoms with Crippen LogP contribution in [0.15, 0.2) is 42.5 Å². The van der Waals surface area contributed by atoms with Gasteiger partial charge in [-0.2, -0.15) is 0 Å². The highest BCUT2D eigenvalue weighted by molar-refractivity contribution is 7.91. The van der Waals surface area contributed by atoms with Crippen LogP contribution in [-0.2, 0) is 16.4 Å². The highest BCUT2D eigenvalue weighted by atomic mass is 32.2. The Labute approximate surface area is 158 Å². The normalized spacial score (nSPS) is 23.7. The van der Waals surface area contributed by atoms with Gasteiger partial charge in [0, 0.05) is 12.2 Å². The SMILES string of the molecule is Cc1cc(C)cc(N2C(=O)N(Cc3ccc(F)cc3)[C@@H]3CS(=O)(=O)C[C@H]32)c1. The number of carbonyl (C=O) groups is 1. The third-order valence-electron chi connectivity index (χ3n) is 5.23. The molecule has 2 aromatic rings. The van der Waals surface area contributed by atoms with Gasteiger partial charge in [0.15, 0.2) is 9.84 Å². The van der Waals surface area contributed by atoms with Gasteiger partial charge in [0.1, 0.15) is 5.82 Å². The first-order valence-corrected chi connectivity index (χ1v) is 10.7. The van der Waals surface area contributed by atoms with Gasteiger partial charge in [-0.05, 0) is 54.8 Å². The van der Waals surface area contributed by atoms with Gasteiger partial charge in [0.2, 0.25) is 0 Å². The Hall–Kier alpha value is -2.41. The lowest BCUT2D eigenvalue weighted by molar-refractivity contribution is 0.206. The molecule has 0 aliphatic carbocycles. The van der Waals surface area contributed by atoms with Gasteiger partial charge in [0.05, 0.1) is 23.6 Å². The number of anilines is 1. The van der Waals surface area contributed by atoms with Crippen molar-refractivity contribution in [1.29, 1.82) is 0 Å². The minimum atomic E-state index is -3.22. The van der Waals surface area contributed by atoms with Crippen molar-refractivity contribution < 1.29 is 17.6 Å². The minimum Gasteiger partial charge on any atom is -0.314 e. The lowest BCUT2D eigenvalue weighted by Crippen LogP contribution is -2.37. The number of carbonyl (C=O) groups excluding carboxylic acids is 1. The Morgan fingerprint density at radius 2 is 1.59 bits per heavy atom. The number of fused-ring (bicyclic) bond motifs is 1. The standard InChI is InChI=1S/C20H21FN2O3S/c1-13-7-14(2)9-17(8-13)23-19-12-27(25,26)11-18(19)22(20(23)24)10-15-3-5-16(21)6-4-15/h3-9,18-19H,10-12H2,1-2H3/t18-,19-/m1/s1.